The van der Waals surface area contributed by atoms with Gasteiger partial charge in [-0.2, -0.15) is 0 Å². The summed E-state index contributed by atoms with van der Waals surface area (Å²) in [5.41, 5.74) is 0. The molecule has 0 aromatic carbocycles. The van der Waals surface area contributed by atoms with Crippen LogP contribution in [-0.2, 0) is 19.5 Å². The van der Waals surface area contributed by atoms with Gasteiger partial charge in [0.05, 0.1) is 0 Å². The standard InChI is InChI=1S/2C2F3.Zn/c2*3-1-2(4)5;/q2*-1;+2. The summed E-state index contributed by atoms with van der Waals surface area (Å²) >= 11 is 0. The molecule has 0 spiro atoms. The van der Waals surface area contributed by atoms with Crippen LogP contribution in [-0.4, -0.2) is 0 Å². The Labute approximate surface area is 71.3 Å². The topological polar surface area (TPSA) is 0 Å². The summed E-state index contributed by atoms with van der Waals surface area (Å²) in [5, 5.41) is 0. The Morgan fingerprint density at radius 3 is 0.818 bits per heavy atom. The molecule has 60 valence electrons. The summed E-state index contributed by atoms with van der Waals surface area (Å²) < 4.78 is 60.9. The molecule has 0 fully saturated rings. The van der Waals surface area contributed by atoms with Gasteiger partial charge in [0.1, 0.15) is 12.2 Å². The van der Waals surface area contributed by atoms with Crippen molar-refractivity contribution < 1.29 is 45.8 Å². The zero-order valence-corrected chi connectivity index (χ0v) is 7.94. The van der Waals surface area contributed by atoms with Gasteiger partial charge in [-0.3, -0.25) is 0 Å². The van der Waals surface area contributed by atoms with Crippen molar-refractivity contribution in [1.82, 2.24) is 0 Å². The Hall–Kier alpha value is -0.317. The molecule has 0 amide bonds. The Bertz CT molecular complexity index is 107. The van der Waals surface area contributed by atoms with Crippen molar-refractivity contribution in [2.75, 3.05) is 0 Å². The zero-order valence-electron chi connectivity index (χ0n) is 4.97. The molecule has 0 nitrogen and oxygen atoms in total. The minimum absolute atomic E-state index is 0. The molecule has 0 saturated heterocycles. The molecule has 0 bridgehead atoms. The van der Waals surface area contributed by atoms with Gasteiger partial charge in [-0.05, 0) is 0 Å². The van der Waals surface area contributed by atoms with Crippen LogP contribution < -0.4 is 0 Å². The third kappa shape index (κ3) is 42.1. The van der Waals surface area contributed by atoms with Crippen molar-refractivity contribution in [3.63, 3.8) is 0 Å². The predicted octanol–water partition coefficient (Wildman–Crippen LogP) is 2.99. The third-order valence-electron chi connectivity index (χ3n) is 0.143. The molecule has 0 aliphatic carbocycles. The fourth-order valence-corrected chi connectivity index (χ4v) is 0. The van der Waals surface area contributed by atoms with Gasteiger partial charge >= 0.3 is 19.5 Å². The van der Waals surface area contributed by atoms with E-state index >= 15 is 0 Å². The predicted molar refractivity (Wildman–Crippen MR) is 20.2 cm³/mol. The van der Waals surface area contributed by atoms with Crippen molar-refractivity contribution in [1.29, 1.82) is 0 Å². The molecule has 0 radical (unpaired) electrons. The molecule has 0 rings (SSSR count). The molecule has 0 aromatic rings. The Morgan fingerprint density at radius 2 is 0.818 bits per heavy atom. The van der Waals surface area contributed by atoms with E-state index < -0.39 is 12.2 Å². The first-order chi connectivity index (χ1) is 4.54. The molecule has 0 unspecified atom stereocenters. The Balaban J connectivity index is -0.000000107. The van der Waals surface area contributed by atoms with Crippen LogP contribution in [0.5, 0.6) is 0 Å². The summed E-state index contributed by atoms with van der Waals surface area (Å²) in [6, 6.07) is 0. The second-order valence-corrected chi connectivity index (χ2v) is 0.710. The van der Waals surface area contributed by atoms with Crippen LogP contribution in [0.25, 0.3) is 0 Å². The average Bonchev–Trinajstić information content (AvgIpc) is 1.89. The first kappa shape index (κ1) is 17.0. The third-order valence-corrected chi connectivity index (χ3v) is 0.143. The van der Waals surface area contributed by atoms with Gasteiger partial charge in [0.15, 0.2) is 0 Å². The van der Waals surface area contributed by atoms with Crippen molar-refractivity contribution in [2.24, 2.45) is 0 Å². The minimum Gasteiger partial charge on any atom is -0.453 e. The molecule has 0 aromatic heterocycles. The average molecular weight is 227 g/mol. The quantitative estimate of drug-likeness (QED) is 0.339. The second-order valence-electron chi connectivity index (χ2n) is 0.710. The molecular formula is C4F6Zn. The van der Waals surface area contributed by atoms with Crippen molar-refractivity contribution in [3.05, 3.63) is 24.8 Å². The fourth-order valence-electron chi connectivity index (χ4n) is 0. The maximum absolute atomic E-state index is 10.2. The molecule has 0 atom stereocenters. The fraction of sp³-hybridized carbons (Fsp3) is 0. The molecule has 0 saturated carbocycles. The maximum atomic E-state index is 10.2. The molecule has 0 aliphatic rings. The minimum atomic E-state index is -2.41. The number of hydrogen-bond donors (Lipinski definition) is 0. The molecular weight excluding hydrogens is 227 g/mol. The van der Waals surface area contributed by atoms with Crippen molar-refractivity contribution in [3.8, 4) is 0 Å². The van der Waals surface area contributed by atoms with Crippen molar-refractivity contribution in [2.45, 2.75) is 0 Å². The van der Waals surface area contributed by atoms with Crippen LogP contribution in [0, 0.1) is 12.7 Å². The van der Waals surface area contributed by atoms with Gasteiger partial charge < -0.3 is 8.78 Å². The van der Waals surface area contributed by atoms with E-state index in [1.807, 2.05) is 0 Å². The van der Waals surface area contributed by atoms with E-state index in [4.69, 9.17) is 0 Å². The number of hydrogen-bond acceptors (Lipinski definition) is 0. The van der Waals surface area contributed by atoms with Crippen LogP contribution in [0.2, 0.25) is 0 Å². The van der Waals surface area contributed by atoms with E-state index in [1.165, 1.54) is 0 Å². The van der Waals surface area contributed by atoms with Crippen LogP contribution in [0.3, 0.4) is 0 Å². The van der Waals surface area contributed by atoms with Gasteiger partial charge in [-0.1, -0.05) is 0 Å². The Kier molecular flexibility index (Phi) is 19.1. The van der Waals surface area contributed by atoms with Gasteiger partial charge in [0, 0.05) is 0 Å². The van der Waals surface area contributed by atoms with Gasteiger partial charge in [-0.15, -0.1) is 0 Å². The maximum Gasteiger partial charge on any atom is 2.00 e. The van der Waals surface area contributed by atoms with Gasteiger partial charge in [-0.25, -0.2) is 30.2 Å². The summed E-state index contributed by atoms with van der Waals surface area (Å²) in [5.74, 6) is 0. The first-order valence-corrected chi connectivity index (χ1v) is 1.63. The summed E-state index contributed by atoms with van der Waals surface area (Å²) in [6.45, 7) is 0. The summed E-state index contributed by atoms with van der Waals surface area (Å²) in [4.78, 5) is 0. The van der Waals surface area contributed by atoms with Crippen LogP contribution in [0.4, 0.5) is 26.3 Å². The van der Waals surface area contributed by atoms with E-state index in [-0.39, 0.29) is 32.1 Å². The van der Waals surface area contributed by atoms with E-state index in [9.17, 15) is 26.3 Å². The first-order valence-electron chi connectivity index (χ1n) is 1.63. The summed E-state index contributed by atoms with van der Waals surface area (Å²) in [7, 11) is 0. The van der Waals surface area contributed by atoms with Crippen LogP contribution >= 0.6 is 0 Å². The molecule has 0 heterocycles. The van der Waals surface area contributed by atoms with Crippen LogP contribution in [0.1, 0.15) is 0 Å². The van der Waals surface area contributed by atoms with Crippen LogP contribution in [0.15, 0.2) is 12.2 Å². The van der Waals surface area contributed by atoms with Gasteiger partial charge in [0.2, 0.25) is 0 Å². The molecule has 7 heteroatoms. The molecule has 0 aliphatic heterocycles. The zero-order chi connectivity index (χ0) is 8.57. The normalized spacial score (nSPS) is 6.36. The van der Waals surface area contributed by atoms with Gasteiger partial charge in [0.25, 0.3) is 0 Å². The smallest absolute Gasteiger partial charge is 0.453 e. The number of halogens is 6. The monoisotopic (exact) mass is 226 g/mol. The molecule has 0 N–H and O–H groups in total. The largest absolute Gasteiger partial charge is 2.00 e. The van der Waals surface area contributed by atoms with E-state index in [0.717, 1.165) is 0 Å². The second kappa shape index (κ2) is 12.4. The number of rotatable bonds is 0. The van der Waals surface area contributed by atoms with Crippen molar-refractivity contribution >= 4 is 0 Å². The van der Waals surface area contributed by atoms with E-state index in [2.05, 4.69) is 0 Å². The Morgan fingerprint density at radius 1 is 0.727 bits per heavy atom. The van der Waals surface area contributed by atoms with E-state index in [0.29, 0.717) is 0 Å². The summed E-state index contributed by atoms with van der Waals surface area (Å²) in [6.07, 6.45) is -4.60. The SMILES string of the molecule is F[C-]=C(F)F.F[C-]=C(F)F.[Zn+2]. The molecule has 11 heavy (non-hydrogen) atoms. The van der Waals surface area contributed by atoms with E-state index in [1.54, 1.807) is 0 Å².